The predicted molar refractivity (Wildman–Crippen MR) is 80.4 cm³/mol. The normalized spacial score (nSPS) is 13.2. The third-order valence-corrected chi connectivity index (χ3v) is 4.28. The highest BCUT2D eigenvalue weighted by Crippen LogP contribution is 2.29. The third kappa shape index (κ3) is 2.13. The molecule has 5 heteroatoms. The van der Waals surface area contributed by atoms with Crippen molar-refractivity contribution in [2.24, 2.45) is 5.73 Å². The van der Waals surface area contributed by atoms with Crippen molar-refractivity contribution in [2.75, 3.05) is 0 Å². The molecule has 0 fully saturated rings. The van der Waals surface area contributed by atoms with E-state index in [-0.39, 0.29) is 17.9 Å². The molecule has 0 radical (unpaired) electrons. The summed E-state index contributed by atoms with van der Waals surface area (Å²) in [6.45, 7) is 4.10. The summed E-state index contributed by atoms with van der Waals surface area (Å²) in [5.41, 5.74) is 7.91. The molecule has 0 saturated heterocycles. The van der Waals surface area contributed by atoms with Gasteiger partial charge in [-0.2, -0.15) is 0 Å². The molecule has 1 atom stereocenters. The van der Waals surface area contributed by atoms with E-state index in [1.54, 1.807) is 17.4 Å². The Morgan fingerprint density at radius 3 is 2.75 bits per heavy atom. The first-order valence-corrected chi connectivity index (χ1v) is 7.42. The van der Waals surface area contributed by atoms with Gasteiger partial charge >= 0.3 is 0 Å². The zero-order valence-electron chi connectivity index (χ0n) is 11.4. The number of fused-ring (bicyclic) bond motifs is 1. The van der Waals surface area contributed by atoms with Crippen LogP contribution in [0.25, 0.3) is 11.0 Å². The summed E-state index contributed by atoms with van der Waals surface area (Å²) in [6, 6.07) is 8.51. The molecule has 0 aliphatic rings. The first-order chi connectivity index (χ1) is 9.58. The summed E-state index contributed by atoms with van der Waals surface area (Å²) in [5, 5.41) is 2.00. The Morgan fingerprint density at radius 1 is 1.30 bits per heavy atom. The first kappa shape index (κ1) is 13.3. The first-order valence-electron chi connectivity index (χ1n) is 6.54. The molecule has 3 rings (SSSR count). The van der Waals surface area contributed by atoms with Gasteiger partial charge in [-0.05, 0) is 43.5 Å². The molecule has 0 spiro atoms. The maximum Gasteiger partial charge on any atom is 0.132 e. The van der Waals surface area contributed by atoms with E-state index in [0.717, 1.165) is 21.7 Å². The molecule has 1 aromatic carbocycles. The Hall–Kier alpha value is -1.72. The number of imidazole rings is 1. The molecule has 2 heterocycles. The van der Waals surface area contributed by atoms with Crippen molar-refractivity contribution >= 4 is 22.4 Å². The molecule has 0 aliphatic heterocycles. The summed E-state index contributed by atoms with van der Waals surface area (Å²) in [7, 11) is 0. The molecule has 0 aliphatic carbocycles. The van der Waals surface area contributed by atoms with Gasteiger partial charge in [-0.25, -0.2) is 9.37 Å². The van der Waals surface area contributed by atoms with Crippen LogP contribution in [-0.2, 0) is 0 Å². The minimum atomic E-state index is -0.284. The number of thiophene rings is 1. The number of benzene rings is 1. The molecular formula is C15H16FN3S. The van der Waals surface area contributed by atoms with Gasteiger partial charge < -0.3 is 10.3 Å². The van der Waals surface area contributed by atoms with Crippen molar-refractivity contribution in [3.63, 3.8) is 0 Å². The van der Waals surface area contributed by atoms with Gasteiger partial charge in [0.15, 0.2) is 0 Å². The largest absolute Gasteiger partial charge is 0.324 e. The second-order valence-corrected chi connectivity index (χ2v) is 6.04. The topological polar surface area (TPSA) is 43.8 Å². The Balaban J connectivity index is 2.22. The minimum Gasteiger partial charge on any atom is -0.324 e. The molecule has 3 nitrogen and oxygen atoms in total. The molecule has 2 aromatic heterocycles. The molecule has 0 saturated carbocycles. The molecule has 0 amide bonds. The number of hydrogen-bond acceptors (Lipinski definition) is 3. The van der Waals surface area contributed by atoms with Gasteiger partial charge in [0, 0.05) is 10.9 Å². The summed E-state index contributed by atoms with van der Waals surface area (Å²) in [6.07, 6.45) is 0. The summed E-state index contributed by atoms with van der Waals surface area (Å²) >= 11 is 1.61. The predicted octanol–water partition coefficient (Wildman–Crippen LogP) is 3.87. The lowest BCUT2D eigenvalue weighted by Gasteiger charge is -2.16. The maximum atomic E-state index is 13.5. The highest BCUT2D eigenvalue weighted by atomic mass is 32.1. The average molecular weight is 289 g/mol. The van der Waals surface area contributed by atoms with Gasteiger partial charge in [0.25, 0.3) is 0 Å². The molecule has 104 valence electrons. The van der Waals surface area contributed by atoms with Crippen LogP contribution in [0.3, 0.4) is 0 Å². The molecule has 0 bridgehead atoms. The Kier molecular flexibility index (Phi) is 3.31. The summed E-state index contributed by atoms with van der Waals surface area (Å²) in [4.78, 5) is 5.67. The van der Waals surface area contributed by atoms with Crippen LogP contribution < -0.4 is 5.73 Å². The zero-order valence-corrected chi connectivity index (χ0v) is 12.2. The van der Waals surface area contributed by atoms with Gasteiger partial charge in [0.1, 0.15) is 11.6 Å². The van der Waals surface area contributed by atoms with Crippen LogP contribution >= 0.6 is 11.3 Å². The molecule has 3 aromatic rings. The number of nitrogens with zero attached hydrogens (tertiary/aromatic N) is 2. The van der Waals surface area contributed by atoms with E-state index in [1.165, 1.54) is 12.1 Å². The Bertz CT molecular complexity index is 731. The number of hydrogen-bond donors (Lipinski definition) is 1. The number of halogens is 1. The van der Waals surface area contributed by atoms with E-state index in [2.05, 4.69) is 18.8 Å². The van der Waals surface area contributed by atoms with Crippen LogP contribution in [0, 0.1) is 5.82 Å². The van der Waals surface area contributed by atoms with Gasteiger partial charge in [-0.15, -0.1) is 11.3 Å². The smallest absolute Gasteiger partial charge is 0.132 e. The van der Waals surface area contributed by atoms with Gasteiger partial charge in [-0.1, -0.05) is 6.07 Å². The number of nitrogens with two attached hydrogens (primary N) is 1. The third-order valence-electron chi connectivity index (χ3n) is 3.32. The van der Waals surface area contributed by atoms with Crippen molar-refractivity contribution in [3.8, 4) is 0 Å². The lowest BCUT2D eigenvalue weighted by Crippen LogP contribution is -2.18. The van der Waals surface area contributed by atoms with Gasteiger partial charge in [-0.3, -0.25) is 0 Å². The number of aromatic nitrogens is 2. The minimum absolute atomic E-state index is 0.169. The Morgan fingerprint density at radius 2 is 2.10 bits per heavy atom. The van der Waals surface area contributed by atoms with Crippen LogP contribution in [0.1, 0.15) is 36.6 Å². The zero-order chi connectivity index (χ0) is 14.3. The number of rotatable bonds is 3. The van der Waals surface area contributed by atoms with E-state index in [4.69, 9.17) is 5.73 Å². The average Bonchev–Trinajstić information content (AvgIpc) is 3.04. The SMILES string of the molecule is CC(C)n1c(C(N)c2cccs2)nc2ccc(F)cc21. The van der Waals surface area contributed by atoms with Gasteiger partial charge in [0.05, 0.1) is 17.1 Å². The van der Waals surface area contributed by atoms with Crippen molar-refractivity contribution in [3.05, 3.63) is 52.2 Å². The summed E-state index contributed by atoms with van der Waals surface area (Å²) in [5.74, 6) is 0.526. The van der Waals surface area contributed by atoms with Crippen LogP contribution in [0.4, 0.5) is 4.39 Å². The van der Waals surface area contributed by atoms with Crippen molar-refractivity contribution in [1.29, 1.82) is 0 Å². The second-order valence-electron chi connectivity index (χ2n) is 5.06. The molecule has 20 heavy (non-hydrogen) atoms. The standard InChI is InChI=1S/C15H16FN3S/c1-9(2)19-12-8-10(16)5-6-11(12)18-15(19)14(17)13-4-3-7-20-13/h3-9,14H,17H2,1-2H3. The lowest BCUT2D eigenvalue weighted by molar-refractivity contribution is 0.567. The van der Waals surface area contributed by atoms with Crippen LogP contribution in [0.15, 0.2) is 35.7 Å². The van der Waals surface area contributed by atoms with Crippen LogP contribution in [0.5, 0.6) is 0 Å². The molecule has 2 N–H and O–H groups in total. The van der Waals surface area contributed by atoms with Crippen LogP contribution in [-0.4, -0.2) is 9.55 Å². The van der Waals surface area contributed by atoms with Crippen molar-refractivity contribution < 1.29 is 4.39 Å². The van der Waals surface area contributed by atoms with E-state index in [9.17, 15) is 4.39 Å². The highest BCUT2D eigenvalue weighted by Gasteiger charge is 2.21. The van der Waals surface area contributed by atoms with Crippen molar-refractivity contribution in [1.82, 2.24) is 9.55 Å². The monoisotopic (exact) mass is 289 g/mol. The quantitative estimate of drug-likeness (QED) is 0.795. The maximum absolute atomic E-state index is 13.5. The fourth-order valence-corrected chi connectivity index (χ4v) is 3.17. The van der Waals surface area contributed by atoms with Gasteiger partial charge in [0.2, 0.25) is 0 Å². The highest BCUT2D eigenvalue weighted by molar-refractivity contribution is 7.10. The fraction of sp³-hybridized carbons (Fsp3) is 0.267. The van der Waals surface area contributed by atoms with E-state index >= 15 is 0 Å². The lowest BCUT2D eigenvalue weighted by atomic mass is 10.2. The van der Waals surface area contributed by atoms with Crippen LogP contribution in [0.2, 0.25) is 0 Å². The van der Waals surface area contributed by atoms with E-state index < -0.39 is 0 Å². The van der Waals surface area contributed by atoms with Crippen molar-refractivity contribution in [2.45, 2.75) is 25.9 Å². The van der Waals surface area contributed by atoms with E-state index in [0.29, 0.717) is 0 Å². The fourth-order valence-electron chi connectivity index (χ4n) is 2.44. The molecule has 1 unspecified atom stereocenters. The molecular weight excluding hydrogens is 273 g/mol. The van der Waals surface area contributed by atoms with E-state index in [1.807, 2.05) is 22.1 Å². The second kappa shape index (κ2) is 5.00. The Labute approximate surface area is 120 Å². The summed E-state index contributed by atoms with van der Waals surface area (Å²) < 4.78 is 15.5.